The van der Waals surface area contributed by atoms with E-state index < -0.39 is 0 Å². The Labute approximate surface area is 62.5 Å². The number of hydrogen-bond acceptors (Lipinski definition) is 0. The monoisotopic (exact) mass is 302 g/mol. The van der Waals surface area contributed by atoms with Gasteiger partial charge in [-0.2, -0.15) is 0 Å². The van der Waals surface area contributed by atoms with Gasteiger partial charge in [0.25, 0.3) is 0 Å². The minimum atomic E-state index is 0. The third kappa shape index (κ3) is 9.38. The van der Waals surface area contributed by atoms with Crippen molar-refractivity contribution < 1.29 is 63.0 Å². The quantitative estimate of drug-likeness (QED) is 0.555. The van der Waals surface area contributed by atoms with E-state index in [4.69, 9.17) is 0 Å². The minimum Gasteiger partial charge on any atom is -2.00 e. The van der Waals surface area contributed by atoms with Crippen LogP contribution in [0.1, 0.15) is 0 Å². The second-order valence-electron chi connectivity index (χ2n) is 0. The first-order valence-electron chi connectivity index (χ1n) is 0. The molecule has 0 heterocycles. The SMILES string of the molecule is [Hf+4].[O-2].[O-2].[Zr+4]. The average molecular weight is 302 g/mol. The molecule has 0 radical (unpaired) electrons. The summed E-state index contributed by atoms with van der Waals surface area (Å²) < 4.78 is 0. The fourth-order valence-corrected chi connectivity index (χ4v) is 0. The maximum atomic E-state index is 0. The molecule has 0 unspecified atom stereocenters. The summed E-state index contributed by atoms with van der Waals surface area (Å²) in [7, 11) is 0. The summed E-state index contributed by atoms with van der Waals surface area (Å²) in [5.41, 5.74) is 0. The van der Waals surface area contributed by atoms with Crippen molar-refractivity contribution in [3.63, 3.8) is 0 Å². The minimum absolute atomic E-state index is 0. The topological polar surface area (TPSA) is 57.0 Å². The molecule has 4 heavy (non-hydrogen) atoms. The zero-order valence-corrected chi connectivity index (χ0v) is 7.87. The van der Waals surface area contributed by atoms with Crippen LogP contribution in [0.5, 0.6) is 0 Å². The largest absolute Gasteiger partial charge is 4.00 e. The first-order valence-corrected chi connectivity index (χ1v) is 0. The van der Waals surface area contributed by atoms with Crippen LogP contribution in [0.3, 0.4) is 0 Å². The van der Waals surface area contributed by atoms with Crippen molar-refractivity contribution in [3.8, 4) is 0 Å². The standard InChI is InChI=1S/Hf.2O.Zr/q+4;2*-2;+4. The van der Waals surface area contributed by atoms with Crippen LogP contribution >= 0.6 is 0 Å². The van der Waals surface area contributed by atoms with Gasteiger partial charge in [0.05, 0.1) is 0 Å². The van der Waals surface area contributed by atoms with Gasteiger partial charge in [0.2, 0.25) is 0 Å². The molecular weight excluding hydrogens is 302 g/mol. The van der Waals surface area contributed by atoms with E-state index in [0.717, 1.165) is 0 Å². The van der Waals surface area contributed by atoms with E-state index in [1.54, 1.807) is 0 Å². The second-order valence-corrected chi connectivity index (χ2v) is 0. The van der Waals surface area contributed by atoms with Gasteiger partial charge in [-0.05, 0) is 0 Å². The zero-order chi connectivity index (χ0) is 0. The van der Waals surface area contributed by atoms with Gasteiger partial charge >= 0.3 is 52.0 Å². The second kappa shape index (κ2) is 22.5. The summed E-state index contributed by atoms with van der Waals surface area (Å²) in [6, 6.07) is 0. The van der Waals surface area contributed by atoms with E-state index in [-0.39, 0.29) is 63.0 Å². The molecule has 0 saturated carbocycles. The molecule has 2 nitrogen and oxygen atoms in total. The van der Waals surface area contributed by atoms with Crippen LogP contribution in [0, 0.1) is 0 Å². The van der Waals surface area contributed by atoms with Crippen molar-refractivity contribution in [1.29, 1.82) is 0 Å². The molecule has 0 aliphatic heterocycles. The van der Waals surface area contributed by atoms with Gasteiger partial charge in [0.15, 0.2) is 0 Å². The van der Waals surface area contributed by atoms with Gasteiger partial charge in [0.1, 0.15) is 0 Å². The van der Waals surface area contributed by atoms with E-state index in [1.165, 1.54) is 0 Å². The summed E-state index contributed by atoms with van der Waals surface area (Å²) in [5, 5.41) is 0. The van der Waals surface area contributed by atoms with Gasteiger partial charge < -0.3 is 11.0 Å². The molecule has 0 saturated heterocycles. The summed E-state index contributed by atoms with van der Waals surface area (Å²) in [5.74, 6) is 0. The third-order valence-corrected chi connectivity index (χ3v) is 0. The van der Waals surface area contributed by atoms with Crippen molar-refractivity contribution in [2.24, 2.45) is 0 Å². The predicted octanol–water partition coefficient (Wildman–Crippen LogP) is -0.243. The Bertz CT molecular complexity index is 6.00. The van der Waals surface area contributed by atoms with Gasteiger partial charge in [0, 0.05) is 0 Å². The molecule has 0 spiro atoms. The van der Waals surface area contributed by atoms with Crippen molar-refractivity contribution in [2.45, 2.75) is 0 Å². The smallest absolute Gasteiger partial charge is 2.00 e. The summed E-state index contributed by atoms with van der Waals surface area (Å²) in [6.07, 6.45) is 0. The normalized spacial score (nSPS) is 0. The van der Waals surface area contributed by atoms with Crippen LogP contribution in [-0.2, 0) is 63.0 Å². The van der Waals surface area contributed by atoms with Crippen molar-refractivity contribution in [3.05, 3.63) is 0 Å². The Morgan fingerprint density at radius 2 is 0.750 bits per heavy atom. The maximum absolute atomic E-state index is 0. The van der Waals surface area contributed by atoms with Gasteiger partial charge in [-0.1, -0.05) is 0 Å². The zero-order valence-electron chi connectivity index (χ0n) is 1.82. The Morgan fingerprint density at radius 3 is 0.750 bits per heavy atom. The van der Waals surface area contributed by atoms with Gasteiger partial charge in [-0.3, -0.25) is 0 Å². The average Bonchev–Trinajstić information content (AvgIpc) is 0. The van der Waals surface area contributed by atoms with Crippen molar-refractivity contribution in [1.82, 2.24) is 0 Å². The van der Waals surface area contributed by atoms with E-state index in [9.17, 15) is 0 Å². The molecule has 0 atom stereocenters. The Hall–Kier alpha value is 1.67. The fraction of sp³-hybridized carbons (Fsp3) is 0. The van der Waals surface area contributed by atoms with Crippen LogP contribution in [0.2, 0.25) is 0 Å². The van der Waals surface area contributed by atoms with E-state index >= 15 is 0 Å². The van der Waals surface area contributed by atoms with Crippen LogP contribution in [-0.4, -0.2) is 0 Å². The third-order valence-electron chi connectivity index (χ3n) is 0. The van der Waals surface area contributed by atoms with E-state index in [2.05, 4.69) is 0 Å². The van der Waals surface area contributed by atoms with Crippen molar-refractivity contribution in [2.75, 3.05) is 0 Å². The summed E-state index contributed by atoms with van der Waals surface area (Å²) >= 11 is 0. The molecule has 0 amide bonds. The van der Waals surface area contributed by atoms with E-state index in [1.807, 2.05) is 0 Å². The molecule has 16 valence electrons. The molecule has 0 fully saturated rings. The molecule has 0 rings (SSSR count). The van der Waals surface area contributed by atoms with Crippen LogP contribution in [0.25, 0.3) is 0 Å². The number of hydrogen-bond donors (Lipinski definition) is 0. The first kappa shape index (κ1) is 44.3. The van der Waals surface area contributed by atoms with Crippen LogP contribution in [0.4, 0.5) is 0 Å². The molecule has 0 aromatic heterocycles. The summed E-state index contributed by atoms with van der Waals surface area (Å²) in [6.45, 7) is 0. The maximum Gasteiger partial charge on any atom is 4.00 e. The molecule has 0 aliphatic rings. The van der Waals surface area contributed by atoms with Gasteiger partial charge in [-0.25, -0.2) is 0 Å². The van der Waals surface area contributed by atoms with E-state index in [0.29, 0.717) is 0 Å². The Balaban J connectivity index is 0. The summed E-state index contributed by atoms with van der Waals surface area (Å²) in [4.78, 5) is 0. The first-order chi connectivity index (χ1) is 0. The Morgan fingerprint density at radius 1 is 0.750 bits per heavy atom. The fourth-order valence-electron chi connectivity index (χ4n) is 0. The molecule has 4 heteroatoms. The van der Waals surface area contributed by atoms with Crippen LogP contribution in [0.15, 0.2) is 0 Å². The molecule has 0 aromatic carbocycles. The predicted molar refractivity (Wildman–Crippen MR) is 1.37 cm³/mol. The van der Waals surface area contributed by atoms with Crippen molar-refractivity contribution >= 4 is 0 Å². The molecule has 0 bridgehead atoms. The molecular formula is HfO2Zr+4. The molecule has 0 aliphatic carbocycles. The molecule has 0 aromatic rings. The van der Waals surface area contributed by atoms with Crippen LogP contribution < -0.4 is 0 Å². The van der Waals surface area contributed by atoms with Gasteiger partial charge in [-0.15, -0.1) is 0 Å². The number of rotatable bonds is 0. The Kier molecular flexibility index (Phi) is 249. The molecule has 0 N–H and O–H groups in total.